The highest BCUT2D eigenvalue weighted by atomic mass is 16.3. The Morgan fingerprint density at radius 3 is 2.67 bits per heavy atom. The molecule has 90 valence electrons. The van der Waals surface area contributed by atoms with Crippen LogP contribution in [0.15, 0.2) is 0 Å². The van der Waals surface area contributed by atoms with Gasteiger partial charge >= 0.3 is 0 Å². The third kappa shape index (κ3) is 4.09. The summed E-state index contributed by atoms with van der Waals surface area (Å²) in [7, 11) is 0. The number of hydrogen-bond donors (Lipinski definition) is 2. The minimum Gasteiger partial charge on any atom is -0.389 e. The minimum absolute atomic E-state index is 0.550. The van der Waals surface area contributed by atoms with Crippen molar-refractivity contribution in [3.05, 3.63) is 0 Å². The van der Waals surface area contributed by atoms with Gasteiger partial charge in [0.15, 0.2) is 0 Å². The van der Waals surface area contributed by atoms with Crippen molar-refractivity contribution in [1.29, 1.82) is 0 Å². The molecule has 1 aliphatic rings. The normalized spacial score (nSPS) is 27.2. The molecule has 2 atom stereocenters. The number of nitrogens with one attached hydrogen (secondary N) is 1. The summed E-state index contributed by atoms with van der Waals surface area (Å²) in [5.41, 5.74) is -0.550. The summed E-state index contributed by atoms with van der Waals surface area (Å²) >= 11 is 0. The smallest absolute Gasteiger partial charge is 0.0741 e. The molecule has 3 heteroatoms. The van der Waals surface area contributed by atoms with Gasteiger partial charge in [0.25, 0.3) is 0 Å². The minimum atomic E-state index is -0.550. The zero-order chi connectivity index (χ0) is 11.5. The van der Waals surface area contributed by atoms with Crippen molar-refractivity contribution in [1.82, 2.24) is 10.2 Å². The van der Waals surface area contributed by atoms with E-state index in [1.165, 1.54) is 13.0 Å². The summed E-state index contributed by atoms with van der Waals surface area (Å²) in [6.07, 6.45) is 2.01. The molecule has 0 radical (unpaired) electrons. The summed E-state index contributed by atoms with van der Waals surface area (Å²) in [4.78, 5) is 2.48. The zero-order valence-corrected chi connectivity index (χ0v) is 10.6. The van der Waals surface area contributed by atoms with Gasteiger partial charge in [-0.15, -0.1) is 0 Å². The summed E-state index contributed by atoms with van der Waals surface area (Å²) in [5, 5.41) is 13.3. The van der Waals surface area contributed by atoms with Gasteiger partial charge in [-0.3, -0.25) is 4.90 Å². The number of likely N-dealkylation sites (tertiary alicyclic amines) is 1. The summed E-state index contributed by atoms with van der Waals surface area (Å²) in [6, 6.07) is 1.20. The fourth-order valence-electron chi connectivity index (χ4n) is 1.91. The van der Waals surface area contributed by atoms with E-state index in [1.54, 1.807) is 0 Å². The Balaban J connectivity index is 2.25. The number of rotatable bonds is 5. The Hall–Kier alpha value is -0.120. The lowest BCUT2D eigenvalue weighted by atomic mass is 10.0. The van der Waals surface area contributed by atoms with Crippen LogP contribution in [-0.4, -0.2) is 47.3 Å². The molecule has 0 amide bonds. The van der Waals surface area contributed by atoms with Crippen molar-refractivity contribution in [3.63, 3.8) is 0 Å². The molecular formula is C12H26N2O. The Kier molecular flexibility index (Phi) is 4.56. The lowest BCUT2D eigenvalue weighted by Gasteiger charge is -2.25. The molecule has 0 bridgehead atoms. The van der Waals surface area contributed by atoms with Crippen LogP contribution in [0, 0.1) is 0 Å². The van der Waals surface area contributed by atoms with Crippen molar-refractivity contribution < 1.29 is 5.11 Å². The number of aliphatic hydroxyl groups is 1. The van der Waals surface area contributed by atoms with E-state index >= 15 is 0 Å². The zero-order valence-electron chi connectivity index (χ0n) is 10.6. The molecule has 0 aromatic carbocycles. The molecule has 0 aromatic rings. The Morgan fingerprint density at radius 2 is 2.20 bits per heavy atom. The van der Waals surface area contributed by atoms with Gasteiger partial charge in [0, 0.05) is 25.2 Å². The first-order chi connectivity index (χ1) is 6.94. The molecule has 1 saturated heterocycles. The first-order valence-electron chi connectivity index (χ1n) is 6.14. The maximum Gasteiger partial charge on any atom is 0.0741 e. The van der Waals surface area contributed by atoms with Crippen LogP contribution >= 0.6 is 0 Å². The maximum absolute atomic E-state index is 9.88. The number of nitrogens with zero attached hydrogens (tertiary/aromatic N) is 1. The van der Waals surface area contributed by atoms with E-state index in [-0.39, 0.29) is 0 Å². The maximum atomic E-state index is 9.88. The second-order valence-corrected chi connectivity index (χ2v) is 5.31. The molecular weight excluding hydrogens is 188 g/mol. The molecule has 0 saturated carbocycles. The van der Waals surface area contributed by atoms with Crippen molar-refractivity contribution in [3.8, 4) is 0 Å². The quantitative estimate of drug-likeness (QED) is 0.722. The van der Waals surface area contributed by atoms with Crippen LogP contribution in [-0.2, 0) is 0 Å². The molecule has 0 spiro atoms. The monoisotopic (exact) mass is 214 g/mol. The predicted octanol–water partition coefficient (Wildman–Crippen LogP) is 1.22. The van der Waals surface area contributed by atoms with E-state index in [2.05, 4.69) is 24.1 Å². The molecule has 1 heterocycles. The van der Waals surface area contributed by atoms with E-state index in [9.17, 15) is 5.11 Å². The Labute approximate surface area is 93.9 Å². The van der Waals surface area contributed by atoms with E-state index in [4.69, 9.17) is 0 Å². The van der Waals surface area contributed by atoms with Gasteiger partial charge in [0.1, 0.15) is 0 Å². The summed E-state index contributed by atoms with van der Waals surface area (Å²) < 4.78 is 0. The third-order valence-electron chi connectivity index (χ3n) is 3.48. The highest BCUT2D eigenvalue weighted by molar-refractivity contribution is 4.85. The molecule has 1 aliphatic heterocycles. The van der Waals surface area contributed by atoms with Crippen molar-refractivity contribution in [2.75, 3.05) is 19.6 Å². The van der Waals surface area contributed by atoms with E-state index in [0.29, 0.717) is 18.6 Å². The molecule has 2 N–H and O–H groups in total. The van der Waals surface area contributed by atoms with Gasteiger partial charge in [0.2, 0.25) is 0 Å². The van der Waals surface area contributed by atoms with Crippen LogP contribution in [0.3, 0.4) is 0 Å². The topological polar surface area (TPSA) is 35.5 Å². The lowest BCUT2D eigenvalue weighted by Crippen LogP contribution is -2.43. The molecule has 0 aliphatic carbocycles. The van der Waals surface area contributed by atoms with Crippen LogP contribution in [0.25, 0.3) is 0 Å². The molecule has 1 rings (SSSR count). The molecule has 0 aromatic heterocycles. The largest absolute Gasteiger partial charge is 0.389 e. The van der Waals surface area contributed by atoms with Crippen LogP contribution in [0.5, 0.6) is 0 Å². The second kappa shape index (κ2) is 5.28. The molecule has 2 unspecified atom stereocenters. The molecule has 1 fully saturated rings. The Bertz CT molecular complexity index is 192. The van der Waals surface area contributed by atoms with Crippen LogP contribution in [0.1, 0.15) is 40.5 Å². The van der Waals surface area contributed by atoms with Gasteiger partial charge < -0.3 is 10.4 Å². The molecule has 15 heavy (non-hydrogen) atoms. The van der Waals surface area contributed by atoms with Crippen molar-refractivity contribution in [2.45, 2.75) is 58.2 Å². The van der Waals surface area contributed by atoms with Crippen LogP contribution < -0.4 is 5.32 Å². The van der Waals surface area contributed by atoms with E-state index < -0.39 is 5.60 Å². The van der Waals surface area contributed by atoms with Gasteiger partial charge in [0.05, 0.1) is 5.60 Å². The number of hydrogen-bond acceptors (Lipinski definition) is 3. The fourth-order valence-corrected chi connectivity index (χ4v) is 1.91. The Morgan fingerprint density at radius 1 is 1.53 bits per heavy atom. The highest BCUT2D eigenvalue weighted by Crippen LogP contribution is 2.14. The fraction of sp³-hybridized carbons (Fsp3) is 1.00. The van der Waals surface area contributed by atoms with Gasteiger partial charge in [-0.05, 0) is 40.2 Å². The van der Waals surface area contributed by atoms with E-state index in [0.717, 1.165) is 13.0 Å². The summed E-state index contributed by atoms with van der Waals surface area (Å²) in [5.74, 6) is 0. The average Bonchev–Trinajstić information content (AvgIpc) is 2.63. The van der Waals surface area contributed by atoms with Gasteiger partial charge in [-0.25, -0.2) is 0 Å². The first kappa shape index (κ1) is 12.9. The van der Waals surface area contributed by atoms with Crippen molar-refractivity contribution >= 4 is 0 Å². The first-order valence-corrected chi connectivity index (χ1v) is 6.14. The predicted molar refractivity (Wildman–Crippen MR) is 64.0 cm³/mol. The lowest BCUT2D eigenvalue weighted by molar-refractivity contribution is 0.0529. The van der Waals surface area contributed by atoms with Gasteiger partial charge in [-0.1, -0.05) is 6.92 Å². The second-order valence-electron chi connectivity index (χ2n) is 5.31. The molecule has 3 nitrogen and oxygen atoms in total. The standard InChI is InChI=1S/C12H26N2O/c1-5-12(4,15)9-13-11-6-7-14(8-11)10(2)3/h10-11,13,15H,5-9H2,1-4H3. The van der Waals surface area contributed by atoms with Crippen LogP contribution in [0.2, 0.25) is 0 Å². The van der Waals surface area contributed by atoms with Gasteiger partial charge in [-0.2, -0.15) is 0 Å². The van der Waals surface area contributed by atoms with E-state index in [1.807, 2.05) is 13.8 Å². The highest BCUT2D eigenvalue weighted by Gasteiger charge is 2.26. The van der Waals surface area contributed by atoms with Crippen LogP contribution in [0.4, 0.5) is 0 Å². The SMILES string of the molecule is CCC(C)(O)CNC1CCN(C(C)C)C1. The average molecular weight is 214 g/mol. The summed E-state index contributed by atoms with van der Waals surface area (Å²) in [6.45, 7) is 11.4. The third-order valence-corrected chi connectivity index (χ3v) is 3.48. The van der Waals surface area contributed by atoms with Crippen molar-refractivity contribution in [2.24, 2.45) is 0 Å².